The van der Waals surface area contributed by atoms with Gasteiger partial charge in [-0.25, -0.2) is 0 Å². The Balaban J connectivity index is 1.96. The standard InChI is InChI=1S/C20H24N2O2/c1-13-7-15(3)19(23)17(9-13)11-21-5-6-22-12-18-10-14(2)8-16(4)20(18)24/h7-12,23-24H,5-6H2,1-4H3. The van der Waals surface area contributed by atoms with Crippen molar-refractivity contribution in [1.82, 2.24) is 0 Å². The summed E-state index contributed by atoms with van der Waals surface area (Å²) in [6.07, 6.45) is 3.36. The molecule has 0 unspecified atom stereocenters. The Morgan fingerprint density at radius 2 is 1.08 bits per heavy atom. The molecule has 4 heteroatoms. The summed E-state index contributed by atoms with van der Waals surface area (Å²) >= 11 is 0. The third kappa shape index (κ3) is 4.44. The minimum atomic E-state index is 0.271. The number of rotatable bonds is 5. The zero-order chi connectivity index (χ0) is 17.7. The lowest BCUT2D eigenvalue weighted by molar-refractivity contribution is 0.469. The van der Waals surface area contributed by atoms with Crippen LogP contribution in [0.1, 0.15) is 33.4 Å². The molecule has 2 rings (SSSR count). The van der Waals surface area contributed by atoms with Crippen LogP contribution in [0.5, 0.6) is 11.5 Å². The van der Waals surface area contributed by atoms with Crippen LogP contribution in [0.15, 0.2) is 34.3 Å². The molecule has 0 aliphatic rings. The second-order valence-electron chi connectivity index (χ2n) is 6.11. The molecule has 0 aromatic heterocycles. The maximum Gasteiger partial charge on any atom is 0.127 e. The van der Waals surface area contributed by atoms with Gasteiger partial charge in [0, 0.05) is 23.6 Å². The highest BCUT2D eigenvalue weighted by Gasteiger charge is 2.03. The smallest absolute Gasteiger partial charge is 0.127 e. The van der Waals surface area contributed by atoms with Crippen molar-refractivity contribution in [1.29, 1.82) is 0 Å². The lowest BCUT2D eigenvalue weighted by Crippen LogP contribution is -1.93. The number of aromatic hydroxyl groups is 2. The van der Waals surface area contributed by atoms with E-state index in [1.165, 1.54) is 0 Å². The first-order valence-corrected chi connectivity index (χ1v) is 7.98. The monoisotopic (exact) mass is 324 g/mol. The molecule has 2 aromatic carbocycles. The number of benzene rings is 2. The minimum absolute atomic E-state index is 0.271. The first-order valence-electron chi connectivity index (χ1n) is 7.98. The highest BCUT2D eigenvalue weighted by atomic mass is 16.3. The SMILES string of the molecule is Cc1cc(C)c(O)c(C=NCCN=Cc2cc(C)cc(C)c2O)c1. The molecule has 0 spiro atoms. The number of hydrogen-bond acceptors (Lipinski definition) is 4. The Morgan fingerprint density at radius 3 is 1.46 bits per heavy atom. The van der Waals surface area contributed by atoms with E-state index in [-0.39, 0.29) is 11.5 Å². The largest absolute Gasteiger partial charge is 0.507 e. The van der Waals surface area contributed by atoms with Crippen LogP contribution in [0.25, 0.3) is 0 Å². The van der Waals surface area contributed by atoms with Gasteiger partial charge in [0.05, 0.1) is 13.1 Å². The Bertz CT molecular complexity index is 725. The van der Waals surface area contributed by atoms with Gasteiger partial charge in [0.25, 0.3) is 0 Å². The van der Waals surface area contributed by atoms with Crippen LogP contribution >= 0.6 is 0 Å². The maximum atomic E-state index is 10.0. The first kappa shape index (κ1) is 17.7. The van der Waals surface area contributed by atoms with Crippen LogP contribution in [-0.2, 0) is 0 Å². The Morgan fingerprint density at radius 1 is 0.708 bits per heavy atom. The van der Waals surface area contributed by atoms with Crippen molar-refractivity contribution >= 4 is 12.4 Å². The molecule has 126 valence electrons. The third-order valence-corrected chi connectivity index (χ3v) is 3.77. The van der Waals surface area contributed by atoms with Gasteiger partial charge in [-0.3, -0.25) is 9.98 Å². The molecule has 0 amide bonds. The fourth-order valence-corrected chi connectivity index (χ4v) is 2.62. The van der Waals surface area contributed by atoms with E-state index in [9.17, 15) is 10.2 Å². The fraction of sp³-hybridized carbons (Fsp3) is 0.300. The zero-order valence-corrected chi connectivity index (χ0v) is 14.7. The number of hydrogen-bond donors (Lipinski definition) is 2. The average Bonchev–Trinajstić information content (AvgIpc) is 2.51. The topological polar surface area (TPSA) is 65.2 Å². The normalized spacial score (nSPS) is 11.7. The summed E-state index contributed by atoms with van der Waals surface area (Å²) in [5.41, 5.74) is 5.33. The molecule has 0 radical (unpaired) electrons. The maximum absolute atomic E-state index is 10.0. The second kappa shape index (κ2) is 7.77. The summed E-state index contributed by atoms with van der Waals surface area (Å²) < 4.78 is 0. The van der Waals surface area contributed by atoms with Crippen molar-refractivity contribution in [3.63, 3.8) is 0 Å². The van der Waals surface area contributed by atoms with Crippen LogP contribution in [0.3, 0.4) is 0 Å². The summed E-state index contributed by atoms with van der Waals surface area (Å²) in [4.78, 5) is 8.62. The quantitative estimate of drug-likeness (QED) is 0.648. The van der Waals surface area contributed by atoms with E-state index in [1.807, 2.05) is 52.0 Å². The lowest BCUT2D eigenvalue weighted by atomic mass is 10.1. The summed E-state index contributed by atoms with van der Waals surface area (Å²) in [7, 11) is 0. The van der Waals surface area contributed by atoms with E-state index >= 15 is 0 Å². The molecule has 0 bridgehead atoms. The molecule has 0 atom stereocenters. The Labute approximate surface area is 143 Å². The number of phenols is 2. The van der Waals surface area contributed by atoms with Crippen LogP contribution in [-0.4, -0.2) is 35.7 Å². The Kier molecular flexibility index (Phi) is 5.74. The van der Waals surface area contributed by atoms with E-state index in [2.05, 4.69) is 9.98 Å². The third-order valence-electron chi connectivity index (χ3n) is 3.77. The molecule has 0 fully saturated rings. The molecule has 0 heterocycles. The van der Waals surface area contributed by atoms with Crippen molar-refractivity contribution in [3.05, 3.63) is 57.6 Å². The first-order chi connectivity index (χ1) is 11.4. The van der Waals surface area contributed by atoms with Gasteiger partial charge in [-0.05, 0) is 62.1 Å². The molecular weight excluding hydrogens is 300 g/mol. The predicted molar refractivity (Wildman–Crippen MR) is 100 cm³/mol. The van der Waals surface area contributed by atoms with Crippen molar-refractivity contribution in [2.75, 3.05) is 13.1 Å². The fourth-order valence-electron chi connectivity index (χ4n) is 2.62. The lowest BCUT2D eigenvalue weighted by Gasteiger charge is -2.05. The molecule has 0 saturated heterocycles. The molecule has 24 heavy (non-hydrogen) atoms. The summed E-state index contributed by atoms with van der Waals surface area (Å²) in [5, 5.41) is 20.0. The molecule has 2 aromatic rings. The van der Waals surface area contributed by atoms with Gasteiger partial charge in [-0.1, -0.05) is 12.1 Å². The number of aryl methyl sites for hydroxylation is 4. The van der Waals surface area contributed by atoms with Gasteiger partial charge < -0.3 is 10.2 Å². The molecule has 2 N–H and O–H groups in total. The number of aliphatic imine (C=N–C) groups is 2. The van der Waals surface area contributed by atoms with Crippen LogP contribution in [0.2, 0.25) is 0 Å². The van der Waals surface area contributed by atoms with Crippen LogP contribution in [0, 0.1) is 27.7 Å². The van der Waals surface area contributed by atoms with Crippen LogP contribution in [0.4, 0.5) is 0 Å². The molecule has 0 aliphatic carbocycles. The van der Waals surface area contributed by atoms with Crippen molar-refractivity contribution < 1.29 is 10.2 Å². The van der Waals surface area contributed by atoms with Gasteiger partial charge in [-0.15, -0.1) is 0 Å². The molecule has 4 nitrogen and oxygen atoms in total. The molecule has 0 aliphatic heterocycles. The summed E-state index contributed by atoms with van der Waals surface area (Å²) in [6, 6.07) is 7.69. The number of phenolic OH excluding ortho intramolecular Hbond substituents is 2. The highest BCUT2D eigenvalue weighted by Crippen LogP contribution is 2.23. The van der Waals surface area contributed by atoms with E-state index in [0.717, 1.165) is 33.4 Å². The van der Waals surface area contributed by atoms with E-state index in [4.69, 9.17) is 0 Å². The summed E-state index contributed by atoms with van der Waals surface area (Å²) in [6.45, 7) is 8.78. The predicted octanol–water partition coefficient (Wildman–Crippen LogP) is 3.87. The second-order valence-corrected chi connectivity index (χ2v) is 6.11. The minimum Gasteiger partial charge on any atom is -0.507 e. The summed E-state index contributed by atoms with van der Waals surface area (Å²) in [5.74, 6) is 0.543. The van der Waals surface area contributed by atoms with Gasteiger partial charge in [0.1, 0.15) is 11.5 Å². The average molecular weight is 324 g/mol. The Hall–Kier alpha value is -2.62. The number of nitrogens with zero attached hydrogens (tertiary/aromatic N) is 2. The van der Waals surface area contributed by atoms with Crippen LogP contribution < -0.4 is 0 Å². The van der Waals surface area contributed by atoms with Gasteiger partial charge in [0.15, 0.2) is 0 Å². The van der Waals surface area contributed by atoms with E-state index < -0.39 is 0 Å². The van der Waals surface area contributed by atoms with Gasteiger partial charge in [-0.2, -0.15) is 0 Å². The van der Waals surface area contributed by atoms with Gasteiger partial charge >= 0.3 is 0 Å². The molecule has 0 saturated carbocycles. The van der Waals surface area contributed by atoms with E-state index in [0.29, 0.717) is 13.1 Å². The van der Waals surface area contributed by atoms with Crippen molar-refractivity contribution in [2.45, 2.75) is 27.7 Å². The van der Waals surface area contributed by atoms with Crippen molar-refractivity contribution in [2.24, 2.45) is 9.98 Å². The molecular formula is C20H24N2O2. The van der Waals surface area contributed by atoms with Crippen molar-refractivity contribution in [3.8, 4) is 11.5 Å². The van der Waals surface area contributed by atoms with Gasteiger partial charge in [0.2, 0.25) is 0 Å². The zero-order valence-electron chi connectivity index (χ0n) is 14.7. The highest BCUT2D eigenvalue weighted by molar-refractivity contribution is 5.85. The van der Waals surface area contributed by atoms with E-state index in [1.54, 1.807) is 12.4 Å².